The second kappa shape index (κ2) is 5.32. The summed E-state index contributed by atoms with van der Waals surface area (Å²) in [6.07, 6.45) is 5.61. The highest BCUT2D eigenvalue weighted by Gasteiger charge is 2.17. The Morgan fingerprint density at radius 1 is 1.47 bits per heavy atom. The zero-order chi connectivity index (χ0) is 10.5. The van der Waals surface area contributed by atoms with Gasteiger partial charge in [-0.1, -0.05) is 0 Å². The van der Waals surface area contributed by atoms with Crippen molar-refractivity contribution in [2.75, 3.05) is 18.8 Å². The predicted octanol–water partition coefficient (Wildman–Crippen LogP) is 0.584. The molecule has 0 aromatic carbocycles. The highest BCUT2D eigenvalue weighted by atomic mass is 32.2. The van der Waals surface area contributed by atoms with E-state index in [1.165, 1.54) is 6.42 Å². The van der Waals surface area contributed by atoms with Gasteiger partial charge in [0.2, 0.25) is 5.16 Å². The summed E-state index contributed by atoms with van der Waals surface area (Å²) in [7, 11) is -1.04. The van der Waals surface area contributed by atoms with Gasteiger partial charge in [-0.15, -0.1) is 0 Å². The summed E-state index contributed by atoms with van der Waals surface area (Å²) < 4.78 is 11.9. The second-order valence-corrected chi connectivity index (χ2v) is 5.15. The lowest BCUT2D eigenvalue weighted by atomic mass is 10.0. The summed E-state index contributed by atoms with van der Waals surface area (Å²) in [5.74, 6) is 1.18. The summed E-state index contributed by atoms with van der Waals surface area (Å²) >= 11 is 0. The Labute approximate surface area is 92.0 Å². The first-order chi connectivity index (χ1) is 7.36. The van der Waals surface area contributed by atoms with E-state index in [2.05, 4.69) is 15.3 Å². The fraction of sp³-hybridized carbons (Fsp3) is 0.600. The van der Waals surface area contributed by atoms with Crippen LogP contribution in [0.5, 0.6) is 0 Å². The normalized spacial score (nSPS) is 23.6. The quantitative estimate of drug-likeness (QED) is 0.765. The van der Waals surface area contributed by atoms with Crippen LogP contribution in [0.2, 0.25) is 0 Å². The van der Waals surface area contributed by atoms with Crippen molar-refractivity contribution < 1.29 is 4.21 Å². The second-order valence-electron chi connectivity index (χ2n) is 3.76. The predicted molar refractivity (Wildman–Crippen MR) is 58.9 cm³/mol. The van der Waals surface area contributed by atoms with Gasteiger partial charge in [0.25, 0.3) is 0 Å². The highest BCUT2D eigenvalue weighted by molar-refractivity contribution is 7.84. The van der Waals surface area contributed by atoms with E-state index in [-0.39, 0.29) is 0 Å². The largest absolute Gasteiger partial charge is 0.316 e. The van der Waals surface area contributed by atoms with Crippen LogP contribution in [0.3, 0.4) is 0 Å². The monoisotopic (exact) mass is 225 g/mol. The molecular weight excluding hydrogens is 210 g/mol. The molecule has 82 valence electrons. The average molecular weight is 225 g/mol. The van der Waals surface area contributed by atoms with Crippen LogP contribution in [-0.4, -0.2) is 33.0 Å². The van der Waals surface area contributed by atoms with Crippen molar-refractivity contribution in [1.29, 1.82) is 0 Å². The van der Waals surface area contributed by atoms with E-state index in [1.807, 2.05) is 0 Å². The van der Waals surface area contributed by atoms with Gasteiger partial charge in [0.15, 0.2) is 0 Å². The molecule has 5 heteroatoms. The summed E-state index contributed by atoms with van der Waals surface area (Å²) in [4.78, 5) is 8.02. The van der Waals surface area contributed by atoms with E-state index in [0.29, 0.717) is 16.8 Å². The summed E-state index contributed by atoms with van der Waals surface area (Å²) in [6.45, 7) is 2.06. The summed E-state index contributed by atoms with van der Waals surface area (Å²) in [5.41, 5.74) is 0. The Morgan fingerprint density at radius 2 is 2.27 bits per heavy atom. The third-order valence-electron chi connectivity index (χ3n) is 2.53. The van der Waals surface area contributed by atoms with E-state index in [1.54, 1.807) is 18.5 Å². The van der Waals surface area contributed by atoms with Gasteiger partial charge < -0.3 is 5.32 Å². The van der Waals surface area contributed by atoms with Crippen LogP contribution in [0.1, 0.15) is 12.8 Å². The molecule has 0 amide bonds. The number of piperidine rings is 1. The number of nitrogens with one attached hydrogen (secondary N) is 1. The Hall–Kier alpha value is -0.810. The van der Waals surface area contributed by atoms with E-state index in [4.69, 9.17) is 0 Å². The molecule has 1 aromatic heterocycles. The van der Waals surface area contributed by atoms with Crippen molar-refractivity contribution in [3.8, 4) is 0 Å². The minimum Gasteiger partial charge on any atom is -0.316 e. The van der Waals surface area contributed by atoms with Gasteiger partial charge in [-0.05, 0) is 37.9 Å². The molecule has 2 heterocycles. The van der Waals surface area contributed by atoms with Crippen LogP contribution >= 0.6 is 0 Å². The first-order valence-electron chi connectivity index (χ1n) is 5.22. The molecular formula is C10H15N3OS. The van der Waals surface area contributed by atoms with Crippen LogP contribution in [-0.2, 0) is 10.8 Å². The molecule has 1 saturated heterocycles. The molecule has 1 aliphatic heterocycles. The van der Waals surface area contributed by atoms with Crippen LogP contribution in [0.15, 0.2) is 23.6 Å². The maximum atomic E-state index is 11.9. The number of aromatic nitrogens is 2. The Bertz CT molecular complexity index is 325. The molecule has 1 aliphatic rings. The molecule has 2 atom stereocenters. The minimum absolute atomic E-state index is 0.461. The maximum Gasteiger partial charge on any atom is 0.218 e. The Kier molecular flexibility index (Phi) is 3.80. The van der Waals surface area contributed by atoms with Gasteiger partial charge in [0.1, 0.15) is 0 Å². The maximum absolute atomic E-state index is 11.9. The van der Waals surface area contributed by atoms with Gasteiger partial charge in [0.05, 0.1) is 10.8 Å². The molecule has 2 rings (SSSR count). The van der Waals surface area contributed by atoms with Crippen LogP contribution in [0.25, 0.3) is 0 Å². The Balaban J connectivity index is 1.91. The van der Waals surface area contributed by atoms with Crippen molar-refractivity contribution in [1.82, 2.24) is 15.3 Å². The zero-order valence-corrected chi connectivity index (χ0v) is 9.37. The van der Waals surface area contributed by atoms with E-state index in [9.17, 15) is 4.21 Å². The molecule has 0 radical (unpaired) electrons. The molecule has 4 nitrogen and oxygen atoms in total. The Morgan fingerprint density at radius 3 is 2.93 bits per heavy atom. The highest BCUT2D eigenvalue weighted by Crippen LogP contribution is 2.13. The van der Waals surface area contributed by atoms with E-state index >= 15 is 0 Å². The minimum atomic E-state index is -1.04. The molecule has 1 aromatic rings. The molecule has 0 aliphatic carbocycles. The lowest BCUT2D eigenvalue weighted by Crippen LogP contribution is -2.32. The third kappa shape index (κ3) is 3.07. The van der Waals surface area contributed by atoms with Gasteiger partial charge in [-0.3, -0.25) is 4.21 Å². The number of hydrogen-bond donors (Lipinski definition) is 1. The summed E-state index contributed by atoms with van der Waals surface area (Å²) in [6, 6.07) is 1.74. The lowest BCUT2D eigenvalue weighted by Gasteiger charge is -2.21. The van der Waals surface area contributed by atoms with Crippen LogP contribution in [0.4, 0.5) is 0 Å². The standard InChI is InChI=1S/C10H15N3OS/c14-15(10-12-5-2-6-13-10)8-9-3-1-4-11-7-9/h2,5-6,9,11H,1,3-4,7-8H2. The number of nitrogens with zero attached hydrogens (tertiary/aromatic N) is 2. The van der Waals surface area contributed by atoms with E-state index < -0.39 is 10.8 Å². The topological polar surface area (TPSA) is 54.9 Å². The smallest absolute Gasteiger partial charge is 0.218 e. The number of rotatable bonds is 3. The fourth-order valence-corrected chi connectivity index (χ4v) is 2.98. The molecule has 0 saturated carbocycles. The van der Waals surface area contributed by atoms with Crippen molar-refractivity contribution >= 4 is 10.8 Å². The SMILES string of the molecule is O=S(CC1CCCNC1)c1ncccn1. The van der Waals surface area contributed by atoms with Crippen molar-refractivity contribution in [2.24, 2.45) is 5.92 Å². The average Bonchev–Trinajstić information content (AvgIpc) is 2.31. The van der Waals surface area contributed by atoms with Gasteiger partial charge in [0, 0.05) is 18.1 Å². The molecule has 0 bridgehead atoms. The third-order valence-corrected chi connectivity index (χ3v) is 3.92. The molecule has 0 spiro atoms. The van der Waals surface area contributed by atoms with Crippen LogP contribution in [0, 0.1) is 5.92 Å². The first kappa shape index (κ1) is 10.7. The molecule has 2 unspecified atom stereocenters. The summed E-state index contributed by atoms with van der Waals surface area (Å²) in [5, 5.41) is 3.78. The van der Waals surface area contributed by atoms with Crippen molar-refractivity contribution in [3.63, 3.8) is 0 Å². The lowest BCUT2D eigenvalue weighted by molar-refractivity contribution is 0.407. The fourth-order valence-electron chi connectivity index (χ4n) is 1.76. The van der Waals surface area contributed by atoms with Crippen molar-refractivity contribution in [2.45, 2.75) is 18.0 Å². The number of hydrogen-bond acceptors (Lipinski definition) is 4. The van der Waals surface area contributed by atoms with E-state index in [0.717, 1.165) is 19.5 Å². The molecule has 1 fully saturated rings. The van der Waals surface area contributed by atoms with Gasteiger partial charge in [-0.2, -0.15) is 0 Å². The van der Waals surface area contributed by atoms with Gasteiger partial charge >= 0.3 is 0 Å². The zero-order valence-electron chi connectivity index (χ0n) is 8.56. The van der Waals surface area contributed by atoms with Crippen LogP contribution < -0.4 is 5.32 Å². The molecule has 1 N–H and O–H groups in total. The first-order valence-corrected chi connectivity index (χ1v) is 6.54. The van der Waals surface area contributed by atoms with Gasteiger partial charge in [-0.25, -0.2) is 9.97 Å². The molecule has 15 heavy (non-hydrogen) atoms. The van der Waals surface area contributed by atoms with Crippen molar-refractivity contribution in [3.05, 3.63) is 18.5 Å².